The lowest BCUT2D eigenvalue weighted by Crippen LogP contribution is -2.37. The number of nitrogens with one attached hydrogen (secondary N) is 2. The van der Waals surface area contributed by atoms with Crippen LogP contribution in [0.5, 0.6) is 0 Å². The fourth-order valence-corrected chi connectivity index (χ4v) is 3.39. The Morgan fingerprint density at radius 3 is 2.44 bits per heavy atom. The van der Waals surface area contributed by atoms with Crippen LogP contribution in [0.15, 0.2) is 53.4 Å². The van der Waals surface area contributed by atoms with E-state index >= 15 is 0 Å². The molecular formula is C18H19F3N2O3S. The van der Waals surface area contributed by atoms with Crippen LogP contribution in [0.25, 0.3) is 0 Å². The highest BCUT2D eigenvalue weighted by Gasteiger charge is 2.31. The maximum atomic E-state index is 12.7. The van der Waals surface area contributed by atoms with E-state index in [1.165, 1.54) is 0 Å². The topological polar surface area (TPSA) is 75.3 Å². The average molecular weight is 400 g/mol. The summed E-state index contributed by atoms with van der Waals surface area (Å²) >= 11 is 0. The SMILES string of the molecule is Cc1cccc(CCNC(=O)CNS(=O)(=O)c2cccc(C(F)(F)F)c2)c1. The molecule has 0 bridgehead atoms. The monoisotopic (exact) mass is 400 g/mol. The number of aryl methyl sites for hydroxylation is 1. The van der Waals surface area contributed by atoms with Crippen molar-refractivity contribution >= 4 is 15.9 Å². The lowest BCUT2D eigenvalue weighted by atomic mass is 10.1. The van der Waals surface area contributed by atoms with Crippen molar-refractivity contribution in [2.45, 2.75) is 24.4 Å². The molecule has 2 aromatic carbocycles. The normalized spacial score (nSPS) is 12.0. The van der Waals surface area contributed by atoms with Gasteiger partial charge < -0.3 is 5.32 Å². The highest BCUT2D eigenvalue weighted by molar-refractivity contribution is 7.89. The summed E-state index contributed by atoms with van der Waals surface area (Å²) in [4.78, 5) is 11.2. The van der Waals surface area contributed by atoms with E-state index < -0.39 is 39.1 Å². The van der Waals surface area contributed by atoms with E-state index in [2.05, 4.69) is 5.32 Å². The number of halogens is 3. The minimum absolute atomic E-state index is 0.313. The second-order valence-electron chi connectivity index (χ2n) is 5.94. The van der Waals surface area contributed by atoms with Crippen LogP contribution in [0.4, 0.5) is 13.2 Å². The largest absolute Gasteiger partial charge is 0.416 e. The van der Waals surface area contributed by atoms with Gasteiger partial charge in [-0.1, -0.05) is 35.9 Å². The summed E-state index contributed by atoms with van der Waals surface area (Å²) in [6.45, 7) is 1.70. The number of hydrogen-bond donors (Lipinski definition) is 2. The lowest BCUT2D eigenvalue weighted by molar-refractivity contribution is -0.137. The molecule has 0 saturated heterocycles. The van der Waals surface area contributed by atoms with Crippen LogP contribution in [0, 0.1) is 6.92 Å². The molecule has 1 amide bonds. The van der Waals surface area contributed by atoms with Gasteiger partial charge in [0.25, 0.3) is 0 Å². The summed E-state index contributed by atoms with van der Waals surface area (Å²) in [7, 11) is -4.23. The van der Waals surface area contributed by atoms with Crippen molar-refractivity contribution < 1.29 is 26.4 Å². The summed E-state index contributed by atoms with van der Waals surface area (Å²) in [6, 6.07) is 11.1. The fraction of sp³-hybridized carbons (Fsp3) is 0.278. The molecule has 0 heterocycles. The zero-order chi connectivity index (χ0) is 20.1. The van der Waals surface area contributed by atoms with E-state index in [9.17, 15) is 26.4 Å². The van der Waals surface area contributed by atoms with Crippen LogP contribution < -0.4 is 10.0 Å². The van der Waals surface area contributed by atoms with Crippen LogP contribution in [0.3, 0.4) is 0 Å². The first-order chi connectivity index (χ1) is 12.6. The van der Waals surface area contributed by atoms with E-state index in [1.54, 1.807) is 0 Å². The minimum atomic E-state index is -4.65. The van der Waals surface area contributed by atoms with Crippen LogP contribution >= 0.6 is 0 Å². The number of rotatable bonds is 7. The molecule has 0 radical (unpaired) electrons. The van der Waals surface area contributed by atoms with Crippen molar-refractivity contribution in [3.05, 3.63) is 65.2 Å². The third-order valence-corrected chi connectivity index (χ3v) is 5.11. The van der Waals surface area contributed by atoms with Gasteiger partial charge in [0.05, 0.1) is 17.0 Å². The summed E-state index contributed by atoms with van der Waals surface area (Å²) in [5.41, 5.74) is 1.04. The maximum Gasteiger partial charge on any atom is 0.416 e. The quantitative estimate of drug-likeness (QED) is 0.750. The summed E-state index contributed by atoms with van der Waals surface area (Å²) in [6.07, 6.45) is -4.08. The molecular weight excluding hydrogens is 381 g/mol. The number of sulfonamides is 1. The Bertz CT molecular complexity index is 912. The average Bonchev–Trinajstić information content (AvgIpc) is 2.60. The standard InChI is InChI=1S/C18H19F3N2O3S/c1-13-4-2-5-14(10-13)8-9-22-17(24)12-23-27(25,26)16-7-3-6-15(11-16)18(19,20)21/h2-7,10-11,23H,8-9,12H2,1H3,(H,22,24). The van der Waals surface area contributed by atoms with Gasteiger partial charge in [0.2, 0.25) is 15.9 Å². The van der Waals surface area contributed by atoms with Crippen LogP contribution in [0.2, 0.25) is 0 Å². The predicted octanol–water partition coefficient (Wildman–Crippen LogP) is 2.65. The molecule has 2 N–H and O–H groups in total. The molecule has 146 valence electrons. The highest BCUT2D eigenvalue weighted by atomic mass is 32.2. The molecule has 0 unspecified atom stereocenters. The first-order valence-corrected chi connectivity index (χ1v) is 9.55. The molecule has 0 aromatic heterocycles. The van der Waals surface area contributed by atoms with E-state index in [4.69, 9.17) is 0 Å². The zero-order valence-corrected chi connectivity index (χ0v) is 15.3. The Hall–Kier alpha value is -2.39. The van der Waals surface area contributed by atoms with Crippen LogP contribution in [-0.2, 0) is 27.4 Å². The van der Waals surface area contributed by atoms with Gasteiger partial charge in [-0.2, -0.15) is 13.2 Å². The summed E-state index contributed by atoms with van der Waals surface area (Å²) in [5.74, 6) is -0.571. The first kappa shape index (κ1) is 20.9. The number of amides is 1. The van der Waals surface area contributed by atoms with Gasteiger partial charge in [-0.05, 0) is 37.1 Å². The van der Waals surface area contributed by atoms with Crippen LogP contribution in [0.1, 0.15) is 16.7 Å². The second-order valence-corrected chi connectivity index (χ2v) is 7.71. The zero-order valence-electron chi connectivity index (χ0n) is 14.5. The number of benzene rings is 2. The third kappa shape index (κ3) is 6.37. The van der Waals surface area contributed by atoms with Gasteiger partial charge in [0.1, 0.15) is 0 Å². The minimum Gasteiger partial charge on any atom is -0.355 e. The Morgan fingerprint density at radius 2 is 1.78 bits per heavy atom. The van der Waals surface area contributed by atoms with E-state index in [0.717, 1.165) is 29.3 Å². The van der Waals surface area contributed by atoms with Gasteiger partial charge in [-0.15, -0.1) is 0 Å². The predicted molar refractivity (Wildman–Crippen MR) is 94.5 cm³/mol. The second kappa shape index (κ2) is 8.53. The molecule has 5 nitrogen and oxygen atoms in total. The molecule has 27 heavy (non-hydrogen) atoms. The Morgan fingerprint density at radius 1 is 1.07 bits per heavy atom. The van der Waals surface area contributed by atoms with Gasteiger partial charge in [-0.25, -0.2) is 13.1 Å². The molecule has 2 aromatic rings. The Labute approximate surface area is 155 Å². The molecule has 9 heteroatoms. The van der Waals surface area contributed by atoms with Crippen molar-refractivity contribution in [1.29, 1.82) is 0 Å². The molecule has 0 spiro atoms. The third-order valence-electron chi connectivity index (χ3n) is 3.71. The summed E-state index contributed by atoms with van der Waals surface area (Å²) in [5, 5.41) is 2.56. The Kier molecular flexibility index (Phi) is 6.61. The number of carbonyl (C=O) groups excluding carboxylic acids is 1. The highest BCUT2D eigenvalue weighted by Crippen LogP contribution is 2.30. The van der Waals surface area contributed by atoms with Crippen molar-refractivity contribution in [2.24, 2.45) is 0 Å². The van der Waals surface area contributed by atoms with Crippen molar-refractivity contribution in [1.82, 2.24) is 10.0 Å². The maximum absolute atomic E-state index is 12.7. The van der Waals surface area contributed by atoms with Gasteiger partial charge in [0.15, 0.2) is 0 Å². The number of hydrogen-bond acceptors (Lipinski definition) is 3. The van der Waals surface area contributed by atoms with E-state index in [1.807, 2.05) is 35.9 Å². The van der Waals surface area contributed by atoms with E-state index in [-0.39, 0.29) is 0 Å². The summed E-state index contributed by atoms with van der Waals surface area (Å²) < 4.78 is 64.3. The van der Waals surface area contributed by atoms with Gasteiger partial charge in [-0.3, -0.25) is 4.79 Å². The lowest BCUT2D eigenvalue weighted by Gasteiger charge is -2.10. The Balaban J connectivity index is 1.88. The molecule has 0 aliphatic rings. The van der Waals surface area contributed by atoms with E-state index in [0.29, 0.717) is 19.0 Å². The molecule has 0 fully saturated rings. The van der Waals surface area contributed by atoms with Crippen LogP contribution in [-0.4, -0.2) is 27.4 Å². The molecule has 0 saturated carbocycles. The molecule has 0 aliphatic carbocycles. The first-order valence-electron chi connectivity index (χ1n) is 8.07. The van der Waals surface area contributed by atoms with Gasteiger partial charge in [0, 0.05) is 6.54 Å². The van der Waals surface area contributed by atoms with Crippen molar-refractivity contribution in [3.8, 4) is 0 Å². The number of alkyl halides is 3. The fourth-order valence-electron chi connectivity index (χ4n) is 2.36. The molecule has 0 atom stereocenters. The van der Waals surface area contributed by atoms with Crippen molar-refractivity contribution in [2.75, 3.05) is 13.1 Å². The van der Waals surface area contributed by atoms with Gasteiger partial charge >= 0.3 is 6.18 Å². The smallest absolute Gasteiger partial charge is 0.355 e. The molecule has 2 rings (SSSR count). The molecule has 0 aliphatic heterocycles. The number of carbonyl (C=O) groups is 1. The van der Waals surface area contributed by atoms with Crippen molar-refractivity contribution in [3.63, 3.8) is 0 Å².